The quantitative estimate of drug-likeness (QED) is 0.658. The molecule has 2 aromatic carbocycles. The fourth-order valence-corrected chi connectivity index (χ4v) is 3.68. The molecule has 0 saturated heterocycles. The highest BCUT2D eigenvalue weighted by atomic mass is 16.5. The highest BCUT2D eigenvalue weighted by Crippen LogP contribution is 2.32. The van der Waals surface area contributed by atoms with E-state index < -0.39 is 0 Å². The van der Waals surface area contributed by atoms with Crippen molar-refractivity contribution in [3.8, 4) is 16.9 Å². The molecule has 5 nitrogen and oxygen atoms in total. The van der Waals surface area contributed by atoms with Crippen LogP contribution in [0.1, 0.15) is 45.6 Å². The van der Waals surface area contributed by atoms with Crippen LogP contribution in [0.25, 0.3) is 17.2 Å². The summed E-state index contributed by atoms with van der Waals surface area (Å²) in [6.45, 7) is 8.30. The zero-order valence-electron chi connectivity index (χ0n) is 18.1. The third-order valence-electron chi connectivity index (χ3n) is 5.04. The van der Waals surface area contributed by atoms with Gasteiger partial charge in [-0.25, -0.2) is 4.99 Å². The average molecular weight is 406 g/mol. The van der Waals surface area contributed by atoms with Crippen molar-refractivity contribution in [2.24, 2.45) is 10.7 Å². The van der Waals surface area contributed by atoms with Crippen molar-refractivity contribution in [2.45, 2.75) is 40.0 Å². The highest BCUT2D eigenvalue weighted by Gasteiger charge is 2.21. The van der Waals surface area contributed by atoms with Crippen molar-refractivity contribution in [1.82, 2.24) is 4.90 Å². The number of benzene rings is 2. The van der Waals surface area contributed by atoms with E-state index in [9.17, 15) is 4.79 Å². The molecule has 0 fully saturated rings. The number of carbonyl (C=O) groups is 1. The lowest BCUT2D eigenvalue weighted by molar-refractivity contribution is -0.127. The molecule has 3 rings (SSSR count). The van der Waals surface area contributed by atoms with Crippen molar-refractivity contribution >= 4 is 23.5 Å². The average Bonchev–Trinajstić information content (AvgIpc) is 2.91. The molecular formula is C25H31N3O2. The summed E-state index contributed by atoms with van der Waals surface area (Å²) in [7, 11) is 0. The molecule has 0 bridgehead atoms. The van der Waals surface area contributed by atoms with Crippen molar-refractivity contribution in [2.75, 3.05) is 19.7 Å². The number of amides is 1. The van der Waals surface area contributed by atoms with Gasteiger partial charge in [0.05, 0.1) is 12.3 Å². The third kappa shape index (κ3) is 5.09. The zero-order valence-corrected chi connectivity index (χ0v) is 18.1. The van der Waals surface area contributed by atoms with Crippen molar-refractivity contribution in [3.63, 3.8) is 0 Å². The van der Waals surface area contributed by atoms with E-state index in [1.54, 1.807) is 0 Å². The molecular weight excluding hydrogens is 374 g/mol. The number of hydrogen-bond acceptors (Lipinski definition) is 4. The molecule has 5 heteroatoms. The van der Waals surface area contributed by atoms with E-state index >= 15 is 0 Å². The van der Waals surface area contributed by atoms with Crippen molar-refractivity contribution in [1.29, 1.82) is 0 Å². The summed E-state index contributed by atoms with van der Waals surface area (Å²) in [4.78, 5) is 19.6. The summed E-state index contributed by atoms with van der Waals surface area (Å²) in [6.07, 6.45) is 4.19. The van der Waals surface area contributed by atoms with Crippen LogP contribution in [0.4, 0.5) is 5.69 Å². The lowest BCUT2D eigenvalue weighted by atomic mass is 10.0. The Kier molecular flexibility index (Phi) is 7.28. The fourth-order valence-electron chi connectivity index (χ4n) is 3.68. The number of carbonyl (C=O) groups excluding carboxylic acids is 1. The molecule has 1 heterocycles. The van der Waals surface area contributed by atoms with Gasteiger partial charge >= 0.3 is 0 Å². The van der Waals surface area contributed by atoms with Gasteiger partial charge in [0, 0.05) is 30.6 Å². The van der Waals surface area contributed by atoms with E-state index in [2.05, 4.69) is 24.9 Å². The Bertz CT molecular complexity index is 939. The maximum atomic E-state index is 13.1. The Morgan fingerprint density at radius 1 is 1.03 bits per heavy atom. The maximum absolute atomic E-state index is 13.1. The second-order valence-corrected chi connectivity index (χ2v) is 7.47. The van der Waals surface area contributed by atoms with Crippen LogP contribution >= 0.6 is 0 Å². The summed E-state index contributed by atoms with van der Waals surface area (Å²) in [5.41, 5.74) is 10.7. The Morgan fingerprint density at radius 3 is 2.33 bits per heavy atom. The zero-order chi connectivity index (χ0) is 21.5. The Balaban J connectivity index is 1.92. The lowest BCUT2D eigenvalue weighted by Gasteiger charge is -2.22. The molecule has 30 heavy (non-hydrogen) atoms. The molecule has 0 spiro atoms. The first kappa shape index (κ1) is 21.6. The van der Waals surface area contributed by atoms with E-state index in [1.165, 1.54) is 0 Å². The normalized spacial score (nSPS) is 13.0. The number of ether oxygens (including phenoxy) is 1. The molecule has 0 saturated carbocycles. The van der Waals surface area contributed by atoms with Gasteiger partial charge in [-0.3, -0.25) is 4.79 Å². The third-order valence-corrected chi connectivity index (χ3v) is 5.04. The van der Waals surface area contributed by atoms with Crippen LogP contribution in [0.15, 0.2) is 53.0 Å². The predicted octanol–water partition coefficient (Wildman–Crippen LogP) is 5.18. The van der Waals surface area contributed by atoms with Crippen LogP contribution in [0, 0.1) is 0 Å². The molecule has 1 aliphatic rings. The lowest BCUT2D eigenvalue weighted by Crippen LogP contribution is -2.34. The van der Waals surface area contributed by atoms with E-state index in [0.29, 0.717) is 24.4 Å². The van der Waals surface area contributed by atoms with Crippen LogP contribution in [-0.4, -0.2) is 36.3 Å². The van der Waals surface area contributed by atoms with E-state index in [-0.39, 0.29) is 5.91 Å². The van der Waals surface area contributed by atoms with Gasteiger partial charge in [0.15, 0.2) is 0 Å². The van der Waals surface area contributed by atoms with Crippen LogP contribution in [0.3, 0.4) is 0 Å². The summed E-state index contributed by atoms with van der Waals surface area (Å²) in [5.74, 6) is 1.37. The molecule has 0 aromatic heterocycles. The Morgan fingerprint density at radius 2 is 1.70 bits per heavy atom. The minimum absolute atomic E-state index is 0.0558. The molecule has 1 aliphatic heterocycles. The monoisotopic (exact) mass is 405 g/mol. The Hall–Kier alpha value is -3.08. The van der Waals surface area contributed by atoms with E-state index in [4.69, 9.17) is 10.5 Å². The molecule has 0 aliphatic carbocycles. The number of amidine groups is 1. The largest absolute Gasteiger partial charge is 0.494 e. The molecule has 158 valence electrons. The second-order valence-electron chi connectivity index (χ2n) is 7.47. The van der Waals surface area contributed by atoms with Crippen LogP contribution in [-0.2, 0) is 4.79 Å². The van der Waals surface area contributed by atoms with Gasteiger partial charge in [0.25, 0.3) is 0 Å². The predicted molar refractivity (Wildman–Crippen MR) is 124 cm³/mol. The van der Waals surface area contributed by atoms with Crippen LogP contribution < -0.4 is 10.5 Å². The summed E-state index contributed by atoms with van der Waals surface area (Å²) < 4.78 is 5.52. The van der Waals surface area contributed by atoms with E-state index in [0.717, 1.165) is 54.1 Å². The number of aliphatic imine (C=N–C) groups is 1. The molecule has 0 radical (unpaired) electrons. The number of nitrogens with zero attached hydrogens (tertiary/aromatic N) is 2. The molecule has 0 unspecified atom stereocenters. The maximum Gasteiger partial charge on any atom is 0.250 e. The standard InChI is InChI=1S/C25H31N3O2/c1-4-13-28(14-5-2)25(29)21-15-20-8-7-19(16-23(20)27-24(26)17-21)18-9-11-22(12-10-18)30-6-3/h7-12,15-16H,4-6,13-14,17H2,1-3H3,(H2,26,27). The molecule has 0 atom stereocenters. The summed E-state index contributed by atoms with van der Waals surface area (Å²) >= 11 is 0. The number of fused-ring (bicyclic) bond motifs is 1. The SMILES string of the molecule is CCCN(CCC)C(=O)C1=Cc2ccc(-c3ccc(OCC)cc3)cc2N=C(N)C1. The van der Waals surface area contributed by atoms with Gasteiger partial charge < -0.3 is 15.4 Å². The molecule has 2 aromatic rings. The first-order valence-corrected chi connectivity index (χ1v) is 10.8. The topological polar surface area (TPSA) is 67.9 Å². The van der Waals surface area contributed by atoms with Gasteiger partial charge in [-0.15, -0.1) is 0 Å². The second kappa shape index (κ2) is 10.1. The highest BCUT2D eigenvalue weighted by molar-refractivity contribution is 6.05. The first-order chi connectivity index (χ1) is 14.5. The van der Waals surface area contributed by atoms with Crippen LogP contribution in [0.2, 0.25) is 0 Å². The first-order valence-electron chi connectivity index (χ1n) is 10.8. The number of nitrogens with two attached hydrogens (primary N) is 1. The fraction of sp³-hybridized carbons (Fsp3) is 0.360. The van der Waals surface area contributed by atoms with Gasteiger partial charge in [-0.2, -0.15) is 0 Å². The number of hydrogen-bond donors (Lipinski definition) is 1. The summed E-state index contributed by atoms with van der Waals surface area (Å²) in [5, 5.41) is 0. The van der Waals surface area contributed by atoms with Gasteiger partial charge in [0.1, 0.15) is 11.6 Å². The van der Waals surface area contributed by atoms with Crippen molar-refractivity contribution in [3.05, 3.63) is 53.6 Å². The summed E-state index contributed by atoms with van der Waals surface area (Å²) in [6, 6.07) is 14.1. The smallest absolute Gasteiger partial charge is 0.250 e. The minimum atomic E-state index is 0.0558. The van der Waals surface area contributed by atoms with Gasteiger partial charge in [-0.1, -0.05) is 38.1 Å². The minimum Gasteiger partial charge on any atom is -0.494 e. The number of rotatable bonds is 8. The molecule has 1 amide bonds. The van der Waals surface area contributed by atoms with Crippen LogP contribution in [0.5, 0.6) is 5.75 Å². The van der Waals surface area contributed by atoms with Gasteiger partial charge in [-0.05, 0) is 55.2 Å². The van der Waals surface area contributed by atoms with E-state index in [1.807, 2.05) is 54.3 Å². The molecule has 2 N–H and O–H groups in total. The van der Waals surface area contributed by atoms with Crippen molar-refractivity contribution < 1.29 is 9.53 Å². The Labute approximate surface area is 179 Å². The van der Waals surface area contributed by atoms with Gasteiger partial charge in [0.2, 0.25) is 5.91 Å².